The molecule has 0 aliphatic heterocycles. The van der Waals surface area contributed by atoms with Crippen LogP contribution in [-0.4, -0.2) is 36.7 Å². The van der Waals surface area contributed by atoms with E-state index in [0.29, 0.717) is 12.8 Å². The smallest absolute Gasteiger partial charge is 0.335 e. The summed E-state index contributed by atoms with van der Waals surface area (Å²) in [7, 11) is -4.09. The first-order valence-electron chi connectivity index (χ1n) is 6.40. The molecule has 0 saturated heterocycles. The molecule has 1 aliphatic rings. The van der Waals surface area contributed by atoms with Gasteiger partial charge in [-0.2, -0.15) is 0 Å². The average molecular weight is 317 g/mol. The van der Waals surface area contributed by atoms with Gasteiger partial charge in [0, 0.05) is 12.1 Å². The first-order chi connectivity index (χ1) is 9.65. The Morgan fingerprint density at radius 1 is 1.43 bits per heavy atom. The summed E-state index contributed by atoms with van der Waals surface area (Å²) in [6, 6.07) is 1.68. The number of nitrogens with one attached hydrogen (secondary N) is 1. The summed E-state index contributed by atoms with van der Waals surface area (Å²) in [5.74, 6) is -2.32. The van der Waals surface area contributed by atoms with Crippen molar-refractivity contribution < 1.29 is 27.8 Å². The van der Waals surface area contributed by atoms with Gasteiger partial charge in [0.1, 0.15) is 5.82 Å². The minimum Gasteiger partial charge on any atom is -0.478 e. The second kappa shape index (κ2) is 5.36. The Bertz CT molecular complexity index is 682. The maximum Gasteiger partial charge on any atom is 0.335 e. The molecule has 3 N–H and O–H groups in total. The number of carbonyl (C=O) groups is 1. The summed E-state index contributed by atoms with van der Waals surface area (Å²) in [4.78, 5) is 10.5. The summed E-state index contributed by atoms with van der Waals surface area (Å²) in [5, 5.41) is 18.8. The highest BCUT2D eigenvalue weighted by atomic mass is 32.2. The predicted octanol–water partition coefficient (Wildman–Crippen LogP) is 1.03. The molecule has 0 heterocycles. The minimum atomic E-state index is -4.09. The van der Waals surface area contributed by atoms with Crippen LogP contribution in [0.2, 0.25) is 0 Å². The van der Waals surface area contributed by atoms with Gasteiger partial charge in [-0.05, 0) is 38.3 Å². The molecule has 1 saturated carbocycles. The van der Waals surface area contributed by atoms with Gasteiger partial charge in [0.15, 0.2) is 0 Å². The molecule has 0 unspecified atom stereocenters. The van der Waals surface area contributed by atoms with Crippen molar-refractivity contribution >= 4 is 16.0 Å². The molecule has 21 heavy (non-hydrogen) atoms. The van der Waals surface area contributed by atoms with Crippen LogP contribution in [0.25, 0.3) is 0 Å². The summed E-state index contributed by atoms with van der Waals surface area (Å²) in [5.41, 5.74) is -1.67. The van der Waals surface area contributed by atoms with Gasteiger partial charge in [0.2, 0.25) is 10.0 Å². The third-order valence-electron chi connectivity index (χ3n) is 3.71. The maximum atomic E-state index is 13.7. The molecule has 1 fully saturated rings. The molecule has 0 spiro atoms. The lowest BCUT2D eigenvalue weighted by Gasteiger charge is -2.36. The highest BCUT2D eigenvalue weighted by Gasteiger charge is 2.36. The number of benzene rings is 1. The number of hydrogen-bond donors (Lipinski definition) is 3. The summed E-state index contributed by atoms with van der Waals surface area (Å²) < 4.78 is 40.3. The van der Waals surface area contributed by atoms with Crippen LogP contribution in [0, 0.1) is 12.7 Å². The number of sulfonamides is 1. The molecule has 1 aromatic rings. The van der Waals surface area contributed by atoms with Gasteiger partial charge >= 0.3 is 5.97 Å². The Morgan fingerprint density at radius 2 is 2.05 bits per heavy atom. The number of aromatic carboxylic acids is 1. The standard InChI is InChI=1S/C13H16FNO5S/c1-8-10(14)5-9(12(16)17)6-11(8)21(19,20)15-7-13(18)3-2-4-13/h5-6,15,18H,2-4,7H2,1H3,(H,16,17). The van der Waals surface area contributed by atoms with Crippen LogP contribution in [0.5, 0.6) is 0 Å². The van der Waals surface area contributed by atoms with Crippen LogP contribution < -0.4 is 4.72 Å². The van der Waals surface area contributed by atoms with Crippen LogP contribution in [0.1, 0.15) is 35.2 Å². The van der Waals surface area contributed by atoms with E-state index in [-0.39, 0.29) is 12.1 Å². The lowest BCUT2D eigenvalue weighted by molar-refractivity contribution is -0.0271. The molecule has 8 heteroatoms. The minimum absolute atomic E-state index is 0.159. The first-order valence-corrected chi connectivity index (χ1v) is 7.88. The third-order valence-corrected chi connectivity index (χ3v) is 5.24. The van der Waals surface area contributed by atoms with E-state index >= 15 is 0 Å². The average Bonchev–Trinajstić information content (AvgIpc) is 2.36. The Labute approximate surface area is 121 Å². The molecular formula is C13H16FNO5S. The number of halogens is 1. The molecule has 0 atom stereocenters. The van der Waals surface area contributed by atoms with Gasteiger partial charge in [-0.3, -0.25) is 0 Å². The van der Waals surface area contributed by atoms with Crippen LogP contribution in [0.4, 0.5) is 4.39 Å². The number of hydrogen-bond acceptors (Lipinski definition) is 4. The van der Waals surface area contributed by atoms with Crippen molar-refractivity contribution in [2.45, 2.75) is 36.7 Å². The van der Waals surface area contributed by atoms with Crippen molar-refractivity contribution in [3.05, 3.63) is 29.1 Å². The third kappa shape index (κ3) is 3.22. The first kappa shape index (κ1) is 15.9. The van der Waals surface area contributed by atoms with E-state index in [9.17, 15) is 22.7 Å². The summed E-state index contributed by atoms with van der Waals surface area (Å²) in [6.45, 7) is 1.08. The molecule has 0 bridgehead atoms. The van der Waals surface area contributed by atoms with Gasteiger partial charge in [0.05, 0.1) is 16.1 Å². The second-order valence-electron chi connectivity index (χ2n) is 5.29. The number of rotatable bonds is 5. The highest BCUT2D eigenvalue weighted by Crippen LogP contribution is 2.31. The SMILES string of the molecule is Cc1c(F)cc(C(=O)O)cc1S(=O)(=O)NCC1(O)CCC1. The molecule has 6 nitrogen and oxygen atoms in total. The van der Waals surface area contributed by atoms with Gasteiger partial charge in [-0.25, -0.2) is 22.3 Å². The largest absolute Gasteiger partial charge is 0.478 e. The second-order valence-corrected chi connectivity index (χ2v) is 7.02. The van der Waals surface area contributed by atoms with E-state index in [2.05, 4.69) is 4.72 Å². The van der Waals surface area contributed by atoms with E-state index in [4.69, 9.17) is 5.11 Å². The molecule has 1 aromatic carbocycles. The van der Waals surface area contributed by atoms with E-state index in [1.54, 1.807) is 0 Å². The fourth-order valence-corrected chi connectivity index (χ4v) is 3.52. The Balaban J connectivity index is 2.32. The Morgan fingerprint density at radius 3 is 2.52 bits per heavy atom. The molecule has 0 amide bonds. The van der Waals surface area contributed by atoms with Gasteiger partial charge in [-0.1, -0.05) is 0 Å². The fourth-order valence-electron chi connectivity index (χ4n) is 2.12. The quantitative estimate of drug-likeness (QED) is 0.752. The van der Waals surface area contributed by atoms with Crippen LogP contribution in [0.15, 0.2) is 17.0 Å². The van der Waals surface area contributed by atoms with E-state index in [1.165, 1.54) is 6.92 Å². The van der Waals surface area contributed by atoms with Crippen molar-refractivity contribution in [3.63, 3.8) is 0 Å². The molecular weight excluding hydrogens is 301 g/mol. The van der Waals surface area contributed by atoms with Crippen molar-refractivity contribution in [1.29, 1.82) is 0 Å². The van der Waals surface area contributed by atoms with Crippen molar-refractivity contribution in [2.75, 3.05) is 6.54 Å². The zero-order valence-electron chi connectivity index (χ0n) is 11.4. The van der Waals surface area contributed by atoms with E-state index in [0.717, 1.165) is 18.6 Å². The van der Waals surface area contributed by atoms with Crippen molar-refractivity contribution in [3.8, 4) is 0 Å². The highest BCUT2D eigenvalue weighted by molar-refractivity contribution is 7.89. The number of carboxylic acids is 1. The summed E-state index contributed by atoms with van der Waals surface area (Å²) >= 11 is 0. The normalized spacial score (nSPS) is 17.3. The van der Waals surface area contributed by atoms with Crippen LogP contribution in [-0.2, 0) is 10.0 Å². The van der Waals surface area contributed by atoms with Crippen molar-refractivity contribution in [2.24, 2.45) is 0 Å². The van der Waals surface area contributed by atoms with Gasteiger partial charge in [-0.15, -0.1) is 0 Å². The van der Waals surface area contributed by atoms with E-state index < -0.39 is 37.9 Å². The monoisotopic (exact) mass is 317 g/mol. The predicted molar refractivity (Wildman–Crippen MR) is 72.1 cm³/mol. The number of aliphatic hydroxyl groups is 1. The number of carboxylic acid groups (broad SMARTS) is 1. The van der Waals surface area contributed by atoms with Crippen LogP contribution >= 0.6 is 0 Å². The van der Waals surface area contributed by atoms with Gasteiger partial charge in [0.25, 0.3) is 0 Å². The Kier molecular flexibility index (Phi) is 4.05. The molecule has 2 rings (SSSR count). The van der Waals surface area contributed by atoms with Gasteiger partial charge < -0.3 is 10.2 Å². The lowest BCUT2D eigenvalue weighted by Crippen LogP contribution is -2.47. The molecule has 1 aliphatic carbocycles. The lowest BCUT2D eigenvalue weighted by atomic mass is 9.81. The Hall–Kier alpha value is -1.51. The maximum absolute atomic E-state index is 13.7. The van der Waals surface area contributed by atoms with Crippen LogP contribution in [0.3, 0.4) is 0 Å². The molecule has 116 valence electrons. The molecule has 0 aromatic heterocycles. The zero-order valence-corrected chi connectivity index (χ0v) is 12.2. The van der Waals surface area contributed by atoms with E-state index in [1.807, 2.05) is 0 Å². The fraction of sp³-hybridized carbons (Fsp3) is 0.462. The zero-order chi connectivity index (χ0) is 15.8. The van der Waals surface area contributed by atoms with Crippen molar-refractivity contribution in [1.82, 2.24) is 4.72 Å². The summed E-state index contributed by atoms with van der Waals surface area (Å²) in [6.07, 6.45) is 1.82. The topological polar surface area (TPSA) is 104 Å². The molecule has 0 radical (unpaired) electrons.